The van der Waals surface area contributed by atoms with E-state index in [-0.39, 0.29) is 25.7 Å². The van der Waals surface area contributed by atoms with E-state index >= 15 is 0 Å². The maximum absolute atomic E-state index is 13.0. The maximum Gasteiger partial charge on any atom is 0.472 e. The highest BCUT2D eigenvalue weighted by Gasteiger charge is 2.30. The number of esters is 4. The minimum Gasteiger partial charge on any atom is -0.462 e. The largest absolute Gasteiger partial charge is 0.472 e. The molecule has 0 bridgehead atoms. The van der Waals surface area contributed by atoms with Gasteiger partial charge in [-0.15, -0.1) is 0 Å². The van der Waals surface area contributed by atoms with Crippen LogP contribution < -0.4 is 0 Å². The lowest BCUT2D eigenvalue weighted by Crippen LogP contribution is -2.30. The summed E-state index contributed by atoms with van der Waals surface area (Å²) in [4.78, 5) is 72.3. The van der Waals surface area contributed by atoms with E-state index in [9.17, 15) is 43.2 Å². The van der Waals surface area contributed by atoms with Gasteiger partial charge in [-0.25, -0.2) is 9.13 Å². The first-order valence-corrected chi connectivity index (χ1v) is 38.6. The molecule has 0 radical (unpaired) electrons. The van der Waals surface area contributed by atoms with E-state index in [1.54, 1.807) is 0 Å². The maximum atomic E-state index is 13.0. The number of hydrogen-bond donors (Lipinski definition) is 3. The van der Waals surface area contributed by atoms with Crippen molar-refractivity contribution in [3.63, 3.8) is 0 Å². The third kappa shape index (κ3) is 60.1. The molecule has 19 heteroatoms. The Morgan fingerprint density at radius 1 is 0.322 bits per heavy atom. The van der Waals surface area contributed by atoms with Gasteiger partial charge >= 0.3 is 39.5 Å². The SMILES string of the molecule is CCCCCCCCCCCCCC(=O)OC[C@H](COP(=O)(O)OC[C@@H](O)COP(=O)(O)OC[C@@H](COC(=O)CCCCCCCCCC)OC(=O)CCCCCCCCC(C)CC)OC(=O)CCCCCCCCCCCCCCCCC(C)CC. The standard InChI is InChI=1S/C68H132O17P2/c1-7-11-13-15-17-19-24-28-32-39-45-51-66(71)79-56-63(84-67(72)52-46-40-33-29-26-23-21-20-22-25-27-30-36-42-48-60(5)9-3)58-82-86(74,75)80-54-62(69)55-81-87(76,77)83-59-64(57-78-65(70)50-44-38-31-18-16-14-12-8-2)85-68(73)53-47-41-35-34-37-43-49-61(6)10-4/h60-64,69H,7-59H2,1-6H3,(H,74,75)(H,76,77)/t60?,61?,62-,63-,64-/m1/s1. The van der Waals surface area contributed by atoms with Gasteiger partial charge in [0.1, 0.15) is 19.3 Å². The molecular weight excluding hydrogens is 1150 g/mol. The third-order valence-electron chi connectivity index (χ3n) is 16.4. The predicted octanol–water partition coefficient (Wildman–Crippen LogP) is 19.2. The molecule has 17 nitrogen and oxygen atoms in total. The highest BCUT2D eigenvalue weighted by atomic mass is 31.2. The zero-order valence-electron chi connectivity index (χ0n) is 56.3. The molecule has 0 amide bonds. The molecule has 4 unspecified atom stereocenters. The second-order valence-corrected chi connectivity index (χ2v) is 28.0. The normalized spacial score (nSPS) is 14.8. The molecule has 0 saturated heterocycles. The second kappa shape index (κ2) is 60.3. The zero-order chi connectivity index (χ0) is 64.3. The number of phosphoric acid groups is 2. The lowest BCUT2D eigenvalue weighted by Gasteiger charge is -2.21. The Kier molecular flexibility index (Phi) is 59.0. The molecule has 516 valence electrons. The van der Waals surface area contributed by atoms with Crippen molar-refractivity contribution < 1.29 is 80.2 Å². The van der Waals surface area contributed by atoms with Crippen LogP contribution in [-0.2, 0) is 65.4 Å². The summed E-state index contributed by atoms with van der Waals surface area (Å²) in [6.07, 6.45) is 44.4. The van der Waals surface area contributed by atoms with Gasteiger partial charge in [-0.05, 0) is 37.5 Å². The van der Waals surface area contributed by atoms with E-state index in [1.165, 1.54) is 154 Å². The van der Waals surface area contributed by atoms with Crippen LogP contribution in [0.25, 0.3) is 0 Å². The Labute approximate surface area is 530 Å². The van der Waals surface area contributed by atoms with E-state index in [1.807, 2.05) is 0 Å². The minimum absolute atomic E-state index is 0.103. The van der Waals surface area contributed by atoms with Gasteiger partial charge in [-0.1, -0.05) is 292 Å². The highest BCUT2D eigenvalue weighted by molar-refractivity contribution is 7.47. The van der Waals surface area contributed by atoms with Crippen molar-refractivity contribution in [2.24, 2.45) is 11.8 Å². The van der Waals surface area contributed by atoms with Crippen LogP contribution in [0, 0.1) is 11.8 Å². The van der Waals surface area contributed by atoms with Gasteiger partial charge in [0.2, 0.25) is 0 Å². The van der Waals surface area contributed by atoms with Crippen molar-refractivity contribution in [1.29, 1.82) is 0 Å². The molecule has 0 saturated carbocycles. The molecule has 3 N–H and O–H groups in total. The molecule has 0 aliphatic heterocycles. The Morgan fingerprint density at radius 2 is 0.552 bits per heavy atom. The quantitative estimate of drug-likeness (QED) is 0.0222. The van der Waals surface area contributed by atoms with Crippen LogP contribution in [0.1, 0.15) is 343 Å². The number of carbonyl (C=O) groups excluding carboxylic acids is 4. The number of ether oxygens (including phenoxy) is 4. The summed E-state index contributed by atoms with van der Waals surface area (Å²) in [6, 6.07) is 0. The van der Waals surface area contributed by atoms with E-state index in [0.717, 1.165) is 108 Å². The molecular formula is C68H132O17P2. The first-order valence-electron chi connectivity index (χ1n) is 35.6. The molecule has 7 atom stereocenters. The van der Waals surface area contributed by atoms with Crippen molar-refractivity contribution in [1.82, 2.24) is 0 Å². The predicted molar refractivity (Wildman–Crippen MR) is 349 cm³/mol. The smallest absolute Gasteiger partial charge is 0.462 e. The molecule has 0 aliphatic rings. The zero-order valence-corrected chi connectivity index (χ0v) is 58.1. The number of aliphatic hydroxyl groups excluding tert-OH is 1. The molecule has 0 rings (SSSR count). The van der Waals surface area contributed by atoms with Crippen LogP contribution >= 0.6 is 15.6 Å². The molecule has 87 heavy (non-hydrogen) atoms. The average Bonchev–Trinajstić information content (AvgIpc) is 3.71. The van der Waals surface area contributed by atoms with Gasteiger partial charge in [0, 0.05) is 25.7 Å². The lowest BCUT2D eigenvalue weighted by molar-refractivity contribution is -0.161. The summed E-state index contributed by atoms with van der Waals surface area (Å²) in [5, 5.41) is 10.6. The topological polar surface area (TPSA) is 237 Å². The Bertz CT molecular complexity index is 1700. The molecule has 0 heterocycles. The molecule has 0 fully saturated rings. The van der Waals surface area contributed by atoms with Crippen LogP contribution in [0.2, 0.25) is 0 Å². The van der Waals surface area contributed by atoms with E-state index in [0.29, 0.717) is 25.7 Å². The van der Waals surface area contributed by atoms with Gasteiger partial charge in [-0.2, -0.15) is 0 Å². The second-order valence-electron chi connectivity index (χ2n) is 25.0. The molecule has 0 spiro atoms. The first-order chi connectivity index (χ1) is 41.9. The third-order valence-corrected chi connectivity index (χ3v) is 18.3. The van der Waals surface area contributed by atoms with Crippen molar-refractivity contribution >= 4 is 39.5 Å². The number of rotatable bonds is 67. The fourth-order valence-electron chi connectivity index (χ4n) is 10.2. The number of unbranched alkanes of at least 4 members (excludes halogenated alkanes) is 35. The number of hydrogen-bond acceptors (Lipinski definition) is 15. The molecule has 0 aliphatic carbocycles. The summed E-state index contributed by atoms with van der Waals surface area (Å²) >= 11 is 0. The van der Waals surface area contributed by atoms with Crippen molar-refractivity contribution in [3.05, 3.63) is 0 Å². The van der Waals surface area contributed by atoms with Crippen LogP contribution in [0.4, 0.5) is 0 Å². The van der Waals surface area contributed by atoms with Crippen LogP contribution in [0.3, 0.4) is 0 Å². The summed E-state index contributed by atoms with van der Waals surface area (Å²) < 4.78 is 68.1. The lowest BCUT2D eigenvalue weighted by atomic mass is 9.99. The van der Waals surface area contributed by atoms with E-state index < -0.39 is 97.5 Å². The number of aliphatic hydroxyl groups is 1. The Balaban J connectivity index is 5.20. The Hall–Kier alpha value is -1.94. The van der Waals surface area contributed by atoms with Crippen LogP contribution in [0.15, 0.2) is 0 Å². The minimum atomic E-state index is -4.95. The number of carbonyl (C=O) groups is 4. The van der Waals surface area contributed by atoms with E-state index in [2.05, 4.69) is 41.5 Å². The molecule has 0 aromatic rings. The van der Waals surface area contributed by atoms with Crippen LogP contribution in [-0.4, -0.2) is 96.7 Å². The first kappa shape index (κ1) is 85.1. The van der Waals surface area contributed by atoms with Crippen LogP contribution in [0.5, 0.6) is 0 Å². The van der Waals surface area contributed by atoms with Gasteiger partial charge in [-0.3, -0.25) is 37.3 Å². The molecule has 0 aromatic heterocycles. The summed E-state index contributed by atoms with van der Waals surface area (Å²) in [5.41, 5.74) is 0. The average molecular weight is 1280 g/mol. The summed E-state index contributed by atoms with van der Waals surface area (Å²) in [5.74, 6) is -0.565. The van der Waals surface area contributed by atoms with Gasteiger partial charge < -0.3 is 33.8 Å². The van der Waals surface area contributed by atoms with Gasteiger partial charge in [0.05, 0.1) is 26.4 Å². The summed E-state index contributed by atoms with van der Waals surface area (Å²) in [6.45, 7) is 9.51. The van der Waals surface area contributed by atoms with E-state index in [4.69, 9.17) is 37.0 Å². The van der Waals surface area contributed by atoms with Gasteiger partial charge in [0.25, 0.3) is 0 Å². The van der Waals surface area contributed by atoms with Crippen molar-refractivity contribution in [2.75, 3.05) is 39.6 Å². The number of phosphoric ester groups is 2. The molecule has 0 aromatic carbocycles. The summed E-state index contributed by atoms with van der Waals surface area (Å²) in [7, 11) is -9.89. The Morgan fingerprint density at radius 3 is 0.816 bits per heavy atom. The highest BCUT2D eigenvalue weighted by Crippen LogP contribution is 2.45. The fourth-order valence-corrected chi connectivity index (χ4v) is 11.8. The monoisotopic (exact) mass is 1280 g/mol. The van der Waals surface area contributed by atoms with Crippen molar-refractivity contribution in [3.8, 4) is 0 Å². The van der Waals surface area contributed by atoms with Crippen molar-refractivity contribution in [2.45, 2.75) is 362 Å². The fraction of sp³-hybridized carbons (Fsp3) is 0.941. The van der Waals surface area contributed by atoms with Gasteiger partial charge in [0.15, 0.2) is 12.2 Å².